The van der Waals surface area contributed by atoms with Gasteiger partial charge in [-0.15, -0.1) is 0 Å². The van der Waals surface area contributed by atoms with Crippen molar-refractivity contribution in [1.82, 2.24) is 10.4 Å². The van der Waals surface area contributed by atoms with Crippen LogP contribution in [0.5, 0.6) is 0 Å². The second-order valence-corrected chi connectivity index (χ2v) is 3.84. The number of hydrazine groups is 1. The van der Waals surface area contributed by atoms with Crippen molar-refractivity contribution in [3.8, 4) is 0 Å². The van der Waals surface area contributed by atoms with E-state index < -0.39 is 5.97 Å². The molecule has 0 aromatic carbocycles. The first-order chi connectivity index (χ1) is 7.99. The lowest BCUT2D eigenvalue weighted by Gasteiger charge is -2.20. The van der Waals surface area contributed by atoms with Crippen LogP contribution in [-0.4, -0.2) is 47.7 Å². The molecule has 0 aliphatic heterocycles. The molecule has 100 valence electrons. The van der Waals surface area contributed by atoms with Gasteiger partial charge < -0.3 is 16.6 Å². The van der Waals surface area contributed by atoms with Gasteiger partial charge in [-0.3, -0.25) is 15.0 Å². The Hall–Kier alpha value is -1.18. The van der Waals surface area contributed by atoms with Gasteiger partial charge in [0.2, 0.25) is 5.91 Å². The van der Waals surface area contributed by atoms with Crippen LogP contribution in [0.1, 0.15) is 26.2 Å². The summed E-state index contributed by atoms with van der Waals surface area (Å²) in [5.74, 6) is -1.25. The van der Waals surface area contributed by atoms with E-state index in [1.807, 2.05) is 0 Å². The molecule has 0 aliphatic carbocycles. The number of carbonyl (C=O) groups is 2. The third-order valence-corrected chi connectivity index (χ3v) is 2.22. The van der Waals surface area contributed by atoms with Gasteiger partial charge in [-0.2, -0.15) is 0 Å². The van der Waals surface area contributed by atoms with Crippen LogP contribution in [0, 0.1) is 0 Å². The van der Waals surface area contributed by atoms with E-state index in [0.717, 1.165) is 6.42 Å². The quantitative estimate of drug-likeness (QED) is 0.382. The minimum absolute atomic E-state index is 0.177. The molecule has 7 heteroatoms. The van der Waals surface area contributed by atoms with Crippen LogP contribution in [0.3, 0.4) is 0 Å². The highest BCUT2D eigenvalue weighted by atomic mass is 16.4. The molecule has 0 aliphatic rings. The first kappa shape index (κ1) is 15.8. The highest BCUT2D eigenvalue weighted by Crippen LogP contribution is 1.98. The molecular weight excluding hydrogens is 224 g/mol. The number of rotatable bonds is 9. The highest BCUT2D eigenvalue weighted by molar-refractivity contribution is 5.76. The summed E-state index contributed by atoms with van der Waals surface area (Å²) in [6, 6.07) is -0.234. The molecule has 17 heavy (non-hydrogen) atoms. The summed E-state index contributed by atoms with van der Waals surface area (Å²) in [6.07, 6.45) is 1.64. The summed E-state index contributed by atoms with van der Waals surface area (Å²) in [5, 5.41) is 9.93. The number of nitrogens with two attached hydrogens (primary N) is 2. The molecule has 0 saturated carbocycles. The number of nitrogens with zero attached hydrogens (tertiary/aromatic N) is 1. The van der Waals surface area contributed by atoms with E-state index in [1.54, 1.807) is 6.92 Å². The lowest BCUT2D eigenvalue weighted by molar-refractivity contribution is -0.140. The number of nitrogens with one attached hydrogen (secondary N) is 1. The zero-order valence-electron chi connectivity index (χ0n) is 10.2. The van der Waals surface area contributed by atoms with Crippen LogP contribution in [0.15, 0.2) is 0 Å². The SMILES string of the molecule is CCN(CC(=O)O)NC(=O)CC(N)CCCN. The van der Waals surface area contributed by atoms with E-state index in [1.165, 1.54) is 5.01 Å². The maximum Gasteiger partial charge on any atom is 0.319 e. The van der Waals surface area contributed by atoms with E-state index >= 15 is 0 Å². The molecule has 7 nitrogen and oxygen atoms in total. The van der Waals surface area contributed by atoms with Crippen molar-refractivity contribution in [3.63, 3.8) is 0 Å². The first-order valence-electron chi connectivity index (χ1n) is 5.71. The van der Waals surface area contributed by atoms with Crippen LogP contribution in [0.4, 0.5) is 0 Å². The Morgan fingerprint density at radius 1 is 1.47 bits per heavy atom. The predicted octanol–water partition coefficient (Wildman–Crippen LogP) is -1.12. The number of aliphatic carboxylic acids is 1. The van der Waals surface area contributed by atoms with Gasteiger partial charge in [0, 0.05) is 19.0 Å². The standard InChI is InChI=1S/C10H22N4O3/c1-2-14(7-10(16)17)13-9(15)6-8(12)4-3-5-11/h8H,2-7,11-12H2,1H3,(H,13,15)(H,16,17). The Kier molecular flexibility index (Phi) is 8.29. The summed E-state index contributed by atoms with van der Waals surface area (Å²) in [7, 11) is 0. The minimum atomic E-state index is -0.986. The molecule has 0 radical (unpaired) electrons. The highest BCUT2D eigenvalue weighted by Gasteiger charge is 2.13. The van der Waals surface area contributed by atoms with Crippen molar-refractivity contribution in [2.24, 2.45) is 11.5 Å². The number of hydrogen-bond acceptors (Lipinski definition) is 5. The molecule has 0 bridgehead atoms. The molecule has 0 aromatic heterocycles. The Bertz CT molecular complexity index is 248. The average Bonchev–Trinajstić information content (AvgIpc) is 2.24. The normalized spacial score (nSPS) is 12.5. The smallest absolute Gasteiger partial charge is 0.319 e. The zero-order chi connectivity index (χ0) is 13.3. The van der Waals surface area contributed by atoms with Crippen molar-refractivity contribution >= 4 is 11.9 Å². The molecule has 0 spiro atoms. The number of amides is 1. The van der Waals surface area contributed by atoms with Gasteiger partial charge in [0.1, 0.15) is 6.54 Å². The monoisotopic (exact) mass is 246 g/mol. The number of carbonyl (C=O) groups excluding carboxylic acids is 1. The lowest BCUT2D eigenvalue weighted by atomic mass is 10.1. The van der Waals surface area contributed by atoms with Crippen molar-refractivity contribution in [2.75, 3.05) is 19.6 Å². The Balaban J connectivity index is 3.93. The lowest BCUT2D eigenvalue weighted by Crippen LogP contribution is -2.46. The molecule has 1 atom stereocenters. The summed E-state index contributed by atoms with van der Waals surface area (Å²) < 4.78 is 0. The van der Waals surface area contributed by atoms with Crippen molar-refractivity contribution in [3.05, 3.63) is 0 Å². The van der Waals surface area contributed by atoms with Gasteiger partial charge in [-0.05, 0) is 19.4 Å². The van der Waals surface area contributed by atoms with E-state index in [9.17, 15) is 9.59 Å². The minimum Gasteiger partial charge on any atom is -0.480 e. The van der Waals surface area contributed by atoms with Crippen molar-refractivity contribution in [2.45, 2.75) is 32.2 Å². The molecule has 0 aromatic rings. The number of carboxylic acids is 1. The largest absolute Gasteiger partial charge is 0.480 e. The number of hydrogen-bond donors (Lipinski definition) is 4. The maximum atomic E-state index is 11.5. The second-order valence-electron chi connectivity index (χ2n) is 3.84. The topological polar surface area (TPSA) is 122 Å². The van der Waals surface area contributed by atoms with Gasteiger partial charge in [0.05, 0.1) is 0 Å². The zero-order valence-corrected chi connectivity index (χ0v) is 10.2. The molecular formula is C10H22N4O3. The van der Waals surface area contributed by atoms with Crippen LogP contribution in [-0.2, 0) is 9.59 Å². The number of likely N-dealkylation sites (N-methyl/N-ethyl adjacent to an activating group) is 1. The van der Waals surface area contributed by atoms with Gasteiger partial charge in [-0.25, -0.2) is 5.01 Å². The summed E-state index contributed by atoms with van der Waals surface area (Å²) in [5.41, 5.74) is 13.6. The van der Waals surface area contributed by atoms with E-state index in [0.29, 0.717) is 19.5 Å². The Morgan fingerprint density at radius 3 is 2.59 bits per heavy atom. The third-order valence-electron chi connectivity index (χ3n) is 2.22. The van der Waals surface area contributed by atoms with E-state index in [-0.39, 0.29) is 24.9 Å². The van der Waals surface area contributed by atoms with Gasteiger partial charge in [0.25, 0.3) is 0 Å². The first-order valence-corrected chi connectivity index (χ1v) is 5.71. The Morgan fingerprint density at radius 2 is 2.12 bits per heavy atom. The van der Waals surface area contributed by atoms with Crippen molar-refractivity contribution < 1.29 is 14.7 Å². The predicted molar refractivity (Wildman–Crippen MR) is 63.9 cm³/mol. The van der Waals surface area contributed by atoms with Crippen LogP contribution < -0.4 is 16.9 Å². The fraction of sp³-hybridized carbons (Fsp3) is 0.800. The maximum absolute atomic E-state index is 11.5. The van der Waals surface area contributed by atoms with E-state index in [2.05, 4.69) is 5.43 Å². The van der Waals surface area contributed by atoms with Gasteiger partial charge in [-0.1, -0.05) is 6.92 Å². The molecule has 0 fully saturated rings. The van der Waals surface area contributed by atoms with E-state index in [4.69, 9.17) is 16.6 Å². The molecule has 6 N–H and O–H groups in total. The summed E-state index contributed by atoms with van der Waals surface area (Å²) in [6.45, 7) is 2.52. The molecule has 1 amide bonds. The van der Waals surface area contributed by atoms with Gasteiger partial charge in [0.15, 0.2) is 0 Å². The fourth-order valence-corrected chi connectivity index (χ4v) is 1.34. The number of carboxylic acid groups (broad SMARTS) is 1. The molecule has 0 rings (SSSR count). The summed E-state index contributed by atoms with van der Waals surface area (Å²) >= 11 is 0. The second kappa shape index (κ2) is 8.91. The molecule has 0 saturated heterocycles. The van der Waals surface area contributed by atoms with Crippen LogP contribution in [0.25, 0.3) is 0 Å². The van der Waals surface area contributed by atoms with Gasteiger partial charge >= 0.3 is 5.97 Å². The van der Waals surface area contributed by atoms with Crippen LogP contribution in [0.2, 0.25) is 0 Å². The summed E-state index contributed by atoms with van der Waals surface area (Å²) in [4.78, 5) is 22.0. The molecule has 0 heterocycles. The Labute approximate surface area is 101 Å². The third kappa shape index (κ3) is 8.61. The van der Waals surface area contributed by atoms with Crippen molar-refractivity contribution in [1.29, 1.82) is 0 Å². The molecule has 1 unspecified atom stereocenters. The van der Waals surface area contributed by atoms with Crippen LogP contribution >= 0.6 is 0 Å². The average molecular weight is 246 g/mol. The fourth-order valence-electron chi connectivity index (χ4n) is 1.34.